The highest BCUT2D eigenvalue weighted by Crippen LogP contribution is 2.31. The molecule has 2 amide bonds. The molecule has 3 N–H and O–H groups in total. The highest BCUT2D eigenvalue weighted by atomic mass is 32.1. The predicted octanol–water partition coefficient (Wildman–Crippen LogP) is 4.00. The molecule has 1 aromatic heterocycles. The Morgan fingerprint density at radius 3 is 2.06 bits per heavy atom. The maximum absolute atomic E-state index is 12.8. The maximum atomic E-state index is 12.8. The van der Waals surface area contributed by atoms with Crippen molar-refractivity contribution in [1.29, 1.82) is 0 Å². The van der Waals surface area contributed by atoms with E-state index in [2.05, 4.69) is 10.6 Å². The molecule has 0 bridgehead atoms. The van der Waals surface area contributed by atoms with Gasteiger partial charge >= 0.3 is 18.0 Å². The monoisotopic (exact) mass is 438 g/mol. The molecule has 0 atom stereocenters. The van der Waals surface area contributed by atoms with E-state index >= 15 is 0 Å². The van der Waals surface area contributed by atoms with Gasteiger partial charge in [-0.3, -0.25) is 9.59 Å². The third-order valence-electron chi connectivity index (χ3n) is 4.51. The Bertz CT molecular complexity index is 1010. The van der Waals surface area contributed by atoms with E-state index in [0.717, 1.165) is 11.1 Å². The van der Waals surface area contributed by atoms with Gasteiger partial charge in [-0.2, -0.15) is 0 Å². The summed E-state index contributed by atoms with van der Waals surface area (Å²) < 4.78 is 5.82. The summed E-state index contributed by atoms with van der Waals surface area (Å²) in [6, 6.07) is 18.3. The number of carbonyl (C=O) groups is 3. The number of rotatable bonds is 8. The van der Waals surface area contributed by atoms with Gasteiger partial charge in [0.2, 0.25) is 0 Å². The van der Waals surface area contributed by atoms with Gasteiger partial charge in [-0.25, -0.2) is 4.79 Å². The smallest absolute Gasteiger partial charge is 0.319 e. The van der Waals surface area contributed by atoms with Crippen molar-refractivity contribution < 1.29 is 24.2 Å². The number of ether oxygens (including phenoxy) is 1. The fourth-order valence-electron chi connectivity index (χ4n) is 3.08. The van der Waals surface area contributed by atoms with Crippen molar-refractivity contribution in [2.24, 2.45) is 0 Å². The summed E-state index contributed by atoms with van der Waals surface area (Å²) in [5.74, 6) is -1.51. The molecule has 0 spiro atoms. The van der Waals surface area contributed by atoms with Crippen molar-refractivity contribution in [2.75, 3.05) is 12.4 Å². The van der Waals surface area contributed by atoms with Crippen LogP contribution >= 0.6 is 11.3 Å². The Morgan fingerprint density at radius 2 is 1.55 bits per heavy atom. The topological polar surface area (TPSA) is 105 Å². The molecular weight excluding hydrogens is 416 g/mol. The standard InChI is InChI=1S/C23H22N2O5S/c1-24-23(29)25-21-17(14-31-18(21)13-19(26)27)12-20(28)30-22(15-8-4-2-5-9-15)16-10-6-3-7-11-16/h2-11,14,22H,12-13H2,1H3,(H,26,27)(H2,24,25,29). The molecule has 0 fully saturated rings. The molecule has 0 unspecified atom stereocenters. The van der Waals surface area contributed by atoms with Gasteiger partial charge < -0.3 is 20.5 Å². The third kappa shape index (κ3) is 5.93. The maximum Gasteiger partial charge on any atom is 0.319 e. The number of esters is 1. The predicted molar refractivity (Wildman–Crippen MR) is 118 cm³/mol. The number of nitrogens with one attached hydrogen (secondary N) is 2. The molecule has 1 heterocycles. The van der Waals surface area contributed by atoms with Crippen molar-refractivity contribution in [2.45, 2.75) is 18.9 Å². The summed E-state index contributed by atoms with van der Waals surface area (Å²) in [6.07, 6.45) is -0.941. The molecule has 2 aromatic carbocycles. The first-order valence-electron chi connectivity index (χ1n) is 9.57. The van der Waals surface area contributed by atoms with Crippen LogP contribution in [0.2, 0.25) is 0 Å². The van der Waals surface area contributed by atoms with Crippen molar-refractivity contribution in [3.05, 3.63) is 87.6 Å². The SMILES string of the molecule is CNC(=O)Nc1c(CC(=O)OC(c2ccccc2)c2ccccc2)csc1CC(=O)O. The molecule has 0 radical (unpaired) electrons. The van der Waals surface area contributed by atoms with E-state index in [9.17, 15) is 14.4 Å². The molecule has 160 valence electrons. The molecule has 3 aromatic rings. The molecule has 31 heavy (non-hydrogen) atoms. The number of hydrogen-bond donors (Lipinski definition) is 3. The highest BCUT2D eigenvalue weighted by Gasteiger charge is 2.22. The van der Waals surface area contributed by atoms with E-state index in [1.807, 2.05) is 60.7 Å². The van der Waals surface area contributed by atoms with Gasteiger partial charge in [-0.15, -0.1) is 11.3 Å². The van der Waals surface area contributed by atoms with Crippen molar-refractivity contribution in [1.82, 2.24) is 5.32 Å². The number of benzene rings is 2. The number of carboxylic acid groups (broad SMARTS) is 1. The Labute approximate surface area is 183 Å². The first-order chi connectivity index (χ1) is 15.0. The van der Waals surface area contributed by atoms with Gasteiger partial charge in [0.1, 0.15) is 0 Å². The van der Waals surface area contributed by atoms with Gasteiger partial charge in [0.05, 0.1) is 18.5 Å². The second-order valence-corrected chi connectivity index (χ2v) is 7.67. The van der Waals surface area contributed by atoms with Crippen LogP contribution in [0.15, 0.2) is 66.0 Å². The van der Waals surface area contributed by atoms with Crippen LogP contribution in [-0.4, -0.2) is 30.1 Å². The number of hydrogen-bond acceptors (Lipinski definition) is 5. The molecule has 8 heteroatoms. The number of urea groups is 1. The molecule has 3 rings (SSSR count). The van der Waals surface area contributed by atoms with E-state index in [4.69, 9.17) is 9.84 Å². The lowest BCUT2D eigenvalue weighted by Gasteiger charge is -2.19. The minimum atomic E-state index is -1.02. The number of amides is 2. The summed E-state index contributed by atoms with van der Waals surface area (Å²) in [5.41, 5.74) is 2.51. The largest absolute Gasteiger partial charge is 0.481 e. The summed E-state index contributed by atoms with van der Waals surface area (Å²) in [6.45, 7) is 0. The van der Waals surface area contributed by atoms with Crippen molar-refractivity contribution >= 4 is 35.0 Å². The number of thiophene rings is 1. The quantitative estimate of drug-likeness (QED) is 0.461. The normalized spacial score (nSPS) is 10.5. The van der Waals surface area contributed by atoms with Gasteiger partial charge in [-0.1, -0.05) is 60.7 Å². The van der Waals surface area contributed by atoms with Crippen LogP contribution in [0, 0.1) is 0 Å². The van der Waals surface area contributed by atoms with Gasteiger partial charge in [-0.05, 0) is 22.1 Å². The lowest BCUT2D eigenvalue weighted by Crippen LogP contribution is -2.25. The average Bonchev–Trinajstić information content (AvgIpc) is 3.13. The van der Waals surface area contributed by atoms with E-state index < -0.39 is 24.1 Å². The Kier molecular flexibility index (Phi) is 7.40. The van der Waals surface area contributed by atoms with Gasteiger partial charge in [0.15, 0.2) is 6.10 Å². The summed E-state index contributed by atoms with van der Waals surface area (Å²) in [5, 5.41) is 15.9. The van der Waals surface area contributed by atoms with Crippen LogP contribution in [0.1, 0.15) is 27.7 Å². The van der Waals surface area contributed by atoms with Crippen LogP contribution in [0.3, 0.4) is 0 Å². The molecule has 0 saturated heterocycles. The van der Waals surface area contributed by atoms with Crippen LogP contribution < -0.4 is 10.6 Å². The van der Waals surface area contributed by atoms with E-state index in [1.54, 1.807) is 5.38 Å². The second kappa shape index (κ2) is 10.4. The fourth-order valence-corrected chi connectivity index (χ4v) is 4.07. The van der Waals surface area contributed by atoms with E-state index in [0.29, 0.717) is 16.1 Å². The summed E-state index contributed by atoms with van der Waals surface area (Å²) in [7, 11) is 1.46. The van der Waals surface area contributed by atoms with Crippen LogP contribution in [-0.2, 0) is 27.2 Å². The number of carboxylic acids is 1. The zero-order valence-corrected chi connectivity index (χ0v) is 17.6. The highest BCUT2D eigenvalue weighted by molar-refractivity contribution is 7.10. The molecular formula is C23H22N2O5S. The minimum absolute atomic E-state index is 0.106. The number of aliphatic carboxylic acids is 1. The van der Waals surface area contributed by atoms with Gasteiger partial charge in [0.25, 0.3) is 0 Å². The molecule has 0 aliphatic heterocycles. The van der Waals surface area contributed by atoms with Crippen LogP contribution in [0.5, 0.6) is 0 Å². The number of anilines is 1. The van der Waals surface area contributed by atoms with E-state index in [-0.39, 0.29) is 12.8 Å². The fraction of sp³-hybridized carbons (Fsp3) is 0.174. The third-order valence-corrected chi connectivity index (χ3v) is 5.54. The summed E-state index contributed by atoms with van der Waals surface area (Å²) in [4.78, 5) is 36.3. The Balaban J connectivity index is 1.83. The van der Waals surface area contributed by atoms with Crippen molar-refractivity contribution in [3.8, 4) is 0 Å². The Hall–Kier alpha value is -3.65. The first kappa shape index (κ1) is 22.0. The zero-order valence-electron chi connectivity index (χ0n) is 16.8. The lowest BCUT2D eigenvalue weighted by atomic mass is 10.0. The molecule has 0 saturated carbocycles. The van der Waals surface area contributed by atoms with E-state index in [1.165, 1.54) is 18.4 Å². The van der Waals surface area contributed by atoms with Crippen molar-refractivity contribution in [3.63, 3.8) is 0 Å². The molecule has 0 aliphatic carbocycles. The average molecular weight is 439 g/mol. The molecule has 7 nitrogen and oxygen atoms in total. The van der Waals surface area contributed by atoms with Gasteiger partial charge in [0, 0.05) is 11.9 Å². The second-order valence-electron chi connectivity index (χ2n) is 6.70. The minimum Gasteiger partial charge on any atom is -0.481 e. The van der Waals surface area contributed by atoms with Crippen LogP contribution in [0.4, 0.5) is 10.5 Å². The van der Waals surface area contributed by atoms with Crippen LogP contribution in [0.25, 0.3) is 0 Å². The first-order valence-corrected chi connectivity index (χ1v) is 10.4. The summed E-state index contributed by atoms with van der Waals surface area (Å²) >= 11 is 1.18. The Morgan fingerprint density at radius 1 is 0.968 bits per heavy atom. The number of carbonyl (C=O) groups excluding carboxylic acids is 2. The lowest BCUT2D eigenvalue weighted by molar-refractivity contribution is -0.146. The molecule has 0 aliphatic rings. The zero-order chi connectivity index (χ0) is 22.2.